The van der Waals surface area contributed by atoms with E-state index >= 15 is 0 Å². The molecule has 18 heavy (non-hydrogen) atoms. The zero-order valence-corrected chi connectivity index (χ0v) is 10.6. The number of amides is 1. The van der Waals surface area contributed by atoms with Gasteiger partial charge in [0, 0.05) is 11.6 Å². The minimum atomic E-state index is -0.873. The highest BCUT2D eigenvalue weighted by atomic mass is 16.4. The molecule has 96 valence electrons. The molecule has 4 nitrogen and oxygen atoms in total. The second-order valence-electron chi connectivity index (χ2n) is 5.51. The summed E-state index contributed by atoms with van der Waals surface area (Å²) in [7, 11) is 0. The summed E-state index contributed by atoms with van der Waals surface area (Å²) in [5, 5.41) is 11.6. The monoisotopic (exact) mass is 247 g/mol. The summed E-state index contributed by atoms with van der Waals surface area (Å²) in [6.45, 7) is 4.14. The van der Waals surface area contributed by atoms with Crippen LogP contribution in [0.2, 0.25) is 0 Å². The second kappa shape index (κ2) is 4.44. The molecule has 1 aromatic carbocycles. The quantitative estimate of drug-likeness (QED) is 0.858. The van der Waals surface area contributed by atoms with Crippen molar-refractivity contribution >= 4 is 17.6 Å². The van der Waals surface area contributed by atoms with E-state index in [9.17, 15) is 9.59 Å². The number of hydrogen-bond acceptors (Lipinski definition) is 2. The molecule has 1 unspecified atom stereocenters. The van der Waals surface area contributed by atoms with Gasteiger partial charge in [-0.15, -0.1) is 0 Å². The van der Waals surface area contributed by atoms with E-state index in [0.717, 1.165) is 6.42 Å². The molecule has 1 amide bonds. The van der Waals surface area contributed by atoms with Crippen LogP contribution in [0.1, 0.15) is 25.8 Å². The number of benzene rings is 1. The Bertz CT molecular complexity index is 494. The molecule has 0 bridgehead atoms. The number of rotatable bonds is 4. The molecular weight excluding hydrogens is 230 g/mol. The van der Waals surface area contributed by atoms with Crippen molar-refractivity contribution in [1.29, 1.82) is 0 Å². The maximum atomic E-state index is 11.9. The van der Waals surface area contributed by atoms with E-state index in [1.54, 1.807) is 24.3 Å². The summed E-state index contributed by atoms with van der Waals surface area (Å²) in [5.74, 6) is -0.782. The average molecular weight is 247 g/mol. The Kier molecular flexibility index (Phi) is 3.11. The molecule has 0 heterocycles. The predicted molar refractivity (Wildman–Crippen MR) is 68.3 cm³/mol. The van der Waals surface area contributed by atoms with Crippen molar-refractivity contribution in [2.24, 2.45) is 11.3 Å². The molecule has 0 saturated heterocycles. The number of hydrogen-bond donors (Lipinski definition) is 2. The van der Waals surface area contributed by atoms with Gasteiger partial charge in [-0.3, -0.25) is 9.59 Å². The van der Waals surface area contributed by atoms with Crippen LogP contribution in [0.25, 0.3) is 0 Å². The summed E-state index contributed by atoms with van der Waals surface area (Å²) in [6, 6.07) is 6.98. The first-order valence-corrected chi connectivity index (χ1v) is 6.00. The van der Waals surface area contributed by atoms with Gasteiger partial charge in [0.25, 0.3) is 0 Å². The minimum Gasteiger partial charge on any atom is -0.481 e. The smallest absolute Gasteiger partial charge is 0.307 e. The zero-order chi connectivity index (χ0) is 13.3. The zero-order valence-electron chi connectivity index (χ0n) is 10.6. The van der Waals surface area contributed by atoms with Crippen LogP contribution in [-0.4, -0.2) is 17.0 Å². The number of carbonyl (C=O) groups excluding carboxylic acids is 1. The van der Waals surface area contributed by atoms with E-state index in [1.165, 1.54) is 0 Å². The van der Waals surface area contributed by atoms with Gasteiger partial charge in [0.05, 0.1) is 6.42 Å². The molecule has 0 spiro atoms. The highest BCUT2D eigenvalue weighted by molar-refractivity contribution is 5.95. The fraction of sp³-hybridized carbons (Fsp3) is 0.429. The molecular formula is C14H17NO3. The van der Waals surface area contributed by atoms with Crippen molar-refractivity contribution in [3.8, 4) is 0 Å². The highest BCUT2D eigenvalue weighted by Gasteiger charge is 2.50. The van der Waals surface area contributed by atoms with E-state index in [4.69, 9.17) is 5.11 Å². The Morgan fingerprint density at radius 3 is 2.67 bits per heavy atom. The minimum absolute atomic E-state index is 0.0208. The lowest BCUT2D eigenvalue weighted by molar-refractivity contribution is -0.136. The van der Waals surface area contributed by atoms with Gasteiger partial charge in [-0.2, -0.15) is 0 Å². The molecule has 0 aliphatic heterocycles. The second-order valence-corrected chi connectivity index (χ2v) is 5.51. The Morgan fingerprint density at radius 2 is 2.11 bits per heavy atom. The van der Waals surface area contributed by atoms with Crippen molar-refractivity contribution in [1.82, 2.24) is 0 Å². The van der Waals surface area contributed by atoms with Gasteiger partial charge in [-0.05, 0) is 29.5 Å². The van der Waals surface area contributed by atoms with Gasteiger partial charge in [0.15, 0.2) is 0 Å². The van der Waals surface area contributed by atoms with E-state index in [0.29, 0.717) is 11.3 Å². The average Bonchev–Trinajstić information content (AvgIpc) is 2.87. The van der Waals surface area contributed by atoms with Crippen LogP contribution < -0.4 is 5.32 Å². The molecule has 1 atom stereocenters. The Labute approximate surface area is 106 Å². The Morgan fingerprint density at radius 1 is 1.44 bits per heavy atom. The predicted octanol–water partition coefficient (Wildman–Crippen LogP) is 2.30. The van der Waals surface area contributed by atoms with Crippen LogP contribution in [0.4, 0.5) is 5.69 Å². The van der Waals surface area contributed by atoms with Gasteiger partial charge in [0.2, 0.25) is 5.91 Å². The standard InChI is InChI=1S/C14H17NO3/c1-14(2)8-11(14)13(18)15-10-5-3-4-9(6-10)7-12(16)17/h3-6,11H,7-8H2,1-2H3,(H,15,18)(H,16,17). The van der Waals surface area contributed by atoms with Crippen LogP contribution >= 0.6 is 0 Å². The molecule has 0 aromatic heterocycles. The lowest BCUT2D eigenvalue weighted by Gasteiger charge is -2.07. The number of anilines is 1. The first-order chi connectivity index (χ1) is 8.38. The van der Waals surface area contributed by atoms with Crippen LogP contribution in [0, 0.1) is 11.3 Å². The summed E-state index contributed by atoms with van der Waals surface area (Å²) in [5.41, 5.74) is 1.46. The number of aliphatic carboxylic acids is 1. The van der Waals surface area contributed by atoms with E-state index in [-0.39, 0.29) is 23.7 Å². The van der Waals surface area contributed by atoms with Crippen molar-refractivity contribution in [3.05, 3.63) is 29.8 Å². The van der Waals surface area contributed by atoms with Crippen LogP contribution in [-0.2, 0) is 16.0 Å². The summed E-state index contributed by atoms with van der Waals surface area (Å²) >= 11 is 0. The molecule has 1 aliphatic rings. The van der Waals surface area contributed by atoms with E-state index in [1.807, 2.05) is 0 Å². The molecule has 4 heteroatoms. The fourth-order valence-electron chi connectivity index (χ4n) is 2.08. The third-order valence-electron chi connectivity index (χ3n) is 3.38. The van der Waals surface area contributed by atoms with Crippen LogP contribution in [0.5, 0.6) is 0 Å². The Balaban J connectivity index is 2.01. The summed E-state index contributed by atoms with van der Waals surface area (Å²) < 4.78 is 0. The third-order valence-corrected chi connectivity index (χ3v) is 3.38. The third kappa shape index (κ3) is 2.88. The molecule has 2 N–H and O–H groups in total. The van der Waals surface area contributed by atoms with Crippen LogP contribution in [0.15, 0.2) is 24.3 Å². The van der Waals surface area contributed by atoms with Crippen LogP contribution in [0.3, 0.4) is 0 Å². The molecule has 2 rings (SSSR count). The van der Waals surface area contributed by atoms with Gasteiger partial charge < -0.3 is 10.4 Å². The van der Waals surface area contributed by atoms with Crippen molar-refractivity contribution < 1.29 is 14.7 Å². The summed E-state index contributed by atoms with van der Waals surface area (Å²) in [6.07, 6.45) is 0.881. The number of carbonyl (C=O) groups is 2. The molecule has 1 aromatic rings. The molecule has 1 saturated carbocycles. The number of nitrogens with one attached hydrogen (secondary N) is 1. The topological polar surface area (TPSA) is 66.4 Å². The maximum Gasteiger partial charge on any atom is 0.307 e. The summed E-state index contributed by atoms with van der Waals surface area (Å²) in [4.78, 5) is 22.5. The van der Waals surface area contributed by atoms with Gasteiger partial charge in [0.1, 0.15) is 0 Å². The maximum absolute atomic E-state index is 11.9. The largest absolute Gasteiger partial charge is 0.481 e. The lowest BCUT2D eigenvalue weighted by Crippen LogP contribution is -2.16. The number of carboxylic acids is 1. The fourth-order valence-corrected chi connectivity index (χ4v) is 2.08. The van der Waals surface area contributed by atoms with Gasteiger partial charge in [-0.25, -0.2) is 0 Å². The van der Waals surface area contributed by atoms with E-state index in [2.05, 4.69) is 19.2 Å². The normalized spacial score (nSPS) is 20.2. The molecule has 1 aliphatic carbocycles. The highest BCUT2D eigenvalue weighted by Crippen LogP contribution is 2.51. The van der Waals surface area contributed by atoms with Gasteiger partial charge in [-0.1, -0.05) is 26.0 Å². The van der Waals surface area contributed by atoms with Crippen molar-refractivity contribution in [2.45, 2.75) is 26.7 Å². The first-order valence-electron chi connectivity index (χ1n) is 6.00. The van der Waals surface area contributed by atoms with Crippen molar-refractivity contribution in [3.63, 3.8) is 0 Å². The lowest BCUT2D eigenvalue weighted by atomic mass is 10.1. The van der Waals surface area contributed by atoms with Gasteiger partial charge >= 0.3 is 5.97 Å². The number of carboxylic acid groups (broad SMARTS) is 1. The van der Waals surface area contributed by atoms with E-state index < -0.39 is 5.97 Å². The SMILES string of the molecule is CC1(C)CC1C(=O)Nc1cccc(CC(=O)O)c1. The molecule has 0 radical (unpaired) electrons. The molecule has 1 fully saturated rings. The first kappa shape index (κ1) is 12.6. The van der Waals surface area contributed by atoms with Crippen molar-refractivity contribution in [2.75, 3.05) is 5.32 Å². The Hall–Kier alpha value is -1.84.